The van der Waals surface area contributed by atoms with Crippen LogP contribution in [0.2, 0.25) is 0 Å². The third kappa shape index (κ3) is 3.33. The van der Waals surface area contributed by atoms with Gasteiger partial charge < -0.3 is 16.2 Å². The van der Waals surface area contributed by atoms with Crippen LogP contribution in [0.1, 0.15) is 10.4 Å². The van der Waals surface area contributed by atoms with Gasteiger partial charge in [-0.15, -0.1) is 0 Å². The molecule has 0 unspecified atom stereocenters. The van der Waals surface area contributed by atoms with Crippen LogP contribution < -0.4 is 11.1 Å². The van der Waals surface area contributed by atoms with E-state index in [2.05, 4.69) is 5.32 Å². The normalized spacial score (nSPS) is 10.2. The van der Waals surface area contributed by atoms with Gasteiger partial charge in [-0.25, -0.2) is 4.79 Å². The first-order chi connectivity index (χ1) is 9.20. The van der Waals surface area contributed by atoms with Crippen molar-refractivity contribution in [1.29, 1.82) is 0 Å². The predicted octanol–water partition coefficient (Wildman–Crippen LogP) is 2.42. The number of carboxylic acid groups (broad SMARTS) is 1. The van der Waals surface area contributed by atoms with E-state index in [1.165, 1.54) is 0 Å². The van der Waals surface area contributed by atoms with Gasteiger partial charge in [0.05, 0.1) is 5.56 Å². The number of carboxylic acids is 1. The van der Waals surface area contributed by atoms with Crippen LogP contribution in [0.5, 0.6) is 0 Å². The number of nitrogens with two attached hydrogens (primary N) is 1. The number of hydrogen-bond donors (Lipinski definition) is 3. The van der Waals surface area contributed by atoms with Gasteiger partial charge in [-0.3, -0.25) is 0 Å². The predicted molar refractivity (Wildman–Crippen MR) is 76.4 cm³/mol. The monoisotopic (exact) mass is 256 g/mol. The molecule has 0 fully saturated rings. The summed E-state index contributed by atoms with van der Waals surface area (Å²) in [6, 6.07) is 14.7. The topological polar surface area (TPSA) is 75.3 Å². The lowest BCUT2D eigenvalue weighted by atomic mass is 10.0. The van der Waals surface area contributed by atoms with Crippen molar-refractivity contribution in [1.82, 2.24) is 0 Å². The maximum absolute atomic E-state index is 11.0. The molecule has 0 amide bonds. The van der Waals surface area contributed by atoms with Crippen LogP contribution in [0.4, 0.5) is 5.69 Å². The number of carbonyl (C=O) groups is 1. The maximum Gasteiger partial charge on any atom is 0.335 e. The summed E-state index contributed by atoms with van der Waals surface area (Å²) in [5, 5.41) is 12.2. The fraction of sp³-hybridized carbons (Fsp3) is 0.133. The first-order valence-electron chi connectivity index (χ1n) is 6.08. The van der Waals surface area contributed by atoms with E-state index >= 15 is 0 Å². The van der Waals surface area contributed by atoms with E-state index in [0.29, 0.717) is 13.1 Å². The Morgan fingerprint density at radius 1 is 1.11 bits per heavy atom. The van der Waals surface area contributed by atoms with Crippen LogP contribution in [0.15, 0.2) is 48.5 Å². The Hall–Kier alpha value is -2.33. The molecule has 0 aromatic heterocycles. The van der Waals surface area contributed by atoms with E-state index in [4.69, 9.17) is 10.8 Å². The largest absolute Gasteiger partial charge is 0.478 e. The Bertz CT molecular complexity index is 582. The van der Waals surface area contributed by atoms with Crippen molar-refractivity contribution in [2.45, 2.75) is 0 Å². The lowest BCUT2D eigenvalue weighted by molar-refractivity contribution is 0.0697. The first-order valence-corrected chi connectivity index (χ1v) is 6.08. The Balaban J connectivity index is 2.30. The highest BCUT2D eigenvalue weighted by molar-refractivity contribution is 5.89. The quantitative estimate of drug-likeness (QED) is 0.768. The van der Waals surface area contributed by atoms with Gasteiger partial charge in [0.25, 0.3) is 0 Å². The van der Waals surface area contributed by atoms with E-state index in [9.17, 15) is 4.79 Å². The van der Waals surface area contributed by atoms with Crippen LogP contribution in [-0.2, 0) is 0 Å². The van der Waals surface area contributed by atoms with E-state index in [0.717, 1.165) is 16.8 Å². The zero-order valence-corrected chi connectivity index (χ0v) is 10.5. The summed E-state index contributed by atoms with van der Waals surface area (Å²) in [6.07, 6.45) is 0. The molecule has 0 aliphatic carbocycles. The third-order valence-corrected chi connectivity index (χ3v) is 2.78. The van der Waals surface area contributed by atoms with Crippen molar-refractivity contribution in [3.8, 4) is 11.1 Å². The second kappa shape index (κ2) is 6.02. The molecule has 0 radical (unpaired) electrons. The summed E-state index contributed by atoms with van der Waals surface area (Å²) >= 11 is 0. The highest BCUT2D eigenvalue weighted by Gasteiger charge is 2.05. The molecule has 0 aliphatic heterocycles. The summed E-state index contributed by atoms with van der Waals surface area (Å²) in [5.74, 6) is -0.917. The standard InChI is InChI=1S/C15H16N2O2/c16-7-8-17-14-6-2-4-12(10-14)11-3-1-5-13(9-11)15(18)19/h1-6,9-10,17H,7-8,16H2,(H,18,19). The van der Waals surface area contributed by atoms with E-state index < -0.39 is 5.97 Å². The fourth-order valence-corrected chi connectivity index (χ4v) is 1.86. The van der Waals surface area contributed by atoms with Gasteiger partial charge in [0.15, 0.2) is 0 Å². The van der Waals surface area contributed by atoms with Crippen molar-refractivity contribution in [2.75, 3.05) is 18.4 Å². The Morgan fingerprint density at radius 3 is 2.47 bits per heavy atom. The van der Waals surface area contributed by atoms with Crippen LogP contribution in [0.25, 0.3) is 11.1 Å². The van der Waals surface area contributed by atoms with Gasteiger partial charge in [-0.05, 0) is 35.4 Å². The molecule has 0 aliphatic rings. The molecule has 0 saturated carbocycles. The molecular formula is C15H16N2O2. The molecule has 0 saturated heterocycles. The Labute approximate surface area is 111 Å². The summed E-state index contributed by atoms with van der Waals surface area (Å²) in [6.45, 7) is 1.28. The van der Waals surface area contributed by atoms with E-state index in [-0.39, 0.29) is 5.56 Å². The van der Waals surface area contributed by atoms with Gasteiger partial charge in [0, 0.05) is 18.8 Å². The van der Waals surface area contributed by atoms with Gasteiger partial charge >= 0.3 is 5.97 Å². The molecule has 4 nitrogen and oxygen atoms in total. The molecule has 98 valence electrons. The van der Waals surface area contributed by atoms with Crippen molar-refractivity contribution in [3.63, 3.8) is 0 Å². The highest BCUT2D eigenvalue weighted by Crippen LogP contribution is 2.23. The molecule has 4 heteroatoms. The number of benzene rings is 2. The van der Waals surface area contributed by atoms with E-state index in [1.807, 2.05) is 30.3 Å². The van der Waals surface area contributed by atoms with Crippen molar-refractivity contribution in [3.05, 3.63) is 54.1 Å². The molecule has 2 rings (SSSR count). The summed E-state index contributed by atoms with van der Waals surface area (Å²) in [4.78, 5) is 11.0. The minimum absolute atomic E-state index is 0.290. The lowest BCUT2D eigenvalue weighted by Gasteiger charge is -2.08. The maximum atomic E-state index is 11.0. The Morgan fingerprint density at radius 2 is 1.79 bits per heavy atom. The lowest BCUT2D eigenvalue weighted by Crippen LogP contribution is -2.12. The van der Waals surface area contributed by atoms with Crippen LogP contribution in [0.3, 0.4) is 0 Å². The van der Waals surface area contributed by atoms with Crippen LogP contribution in [0, 0.1) is 0 Å². The number of nitrogens with one attached hydrogen (secondary N) is 1. The fourth-order valence-electron chi connectivity index (χ4n) is 1.86. The average Bonchev–Trinajstić information content (AvgIpc) is 2.45. The Kier molecular flexibility index (Phi) is 4.15. The molecule has 2 aromatic carbocycles. The molecule has 0 spiro atoms. The van der Waals surface area contributed by atoms with E-state index in [1.54, 1.807) is 18.2 Å². The number of aromatic carboxylic acids is 1. The summed E-state index contributed by atoms with van der Waals surface area (Å²) in [5.41, 5.74) is 8.58. The van der Waals surface area contributed by atoms with Gasteiger partial charge in [0.2, 0.25) is 0 Å². The SMILES string of the molecule is NCCNc1cccc(-c2cccc(C(=O)O)c2)c1. The molecular weight excluding hydrogens is 240 g/mol. The number of anilines is 1. The molecule has 4 N–H and O–H groups in total. The molecule has 19 heavy (non-hydrogen) atoms. The minimum atomic E-state index is -0.917. The highest BCUT2D eigenvalue weighted by atomic mass is 16.4. The van der Waals surface area contributed by atoms with Crippen molar-refractivity contribution >= 4 is 11.7 Å². The second-order valence-electron chi connectivity index (χ2n) is 4.18. The molecule has 0 heterocycles. The third-order valence-electron chi connectivity index (χ3n) is 2.78. The van der Waals surface area contributed by atoms with Gasteiger partial charge in [-0.1, -0.05) is 24.3 Å². The number of hydrogen-bond acceptors (Lipinski definition) is 3. The van der Waals surface area contributed by atoms with Crippen molar-refractivity contribution in [2.24, 2.45) is 5.73 Å². The van der Waals surface area contributed by atoms with Gasteiger partial charge in [-0.2, -0.15) is 0 Å². The molecule has 0 bridgehead atoms. The number of rotatable bonds is 5. The molecule has 2 aromatic rings. The first kappa shape index (κ1) is 13.1. The average molecular weight is 256 g/mol. The van der Waals surface area contributed by atoms with Gasteiger partial charge in [0.1, 0.15) is 0 Å². The minimum Gasteiger partial charge on any atom is -0.478 e. The van der Waals surface area contributed by atoms with Crippen molar-refractivity contribution < 1.29 is 9.90 Å². The smallest absolute Gasteiger partial charge is 0.335 e. The molecule has 0 atom stereocenters. The zero-order chi connectivity index (χ0) is 13.7. The van der Waals surface area contributed by atoms with Crippen LogP contribution in [-0.4, -0.2) is 24.2 Å². The second-order valence-corrected chi connectivity index (χ2v) is 4.18. The zero-order valence-electron chi connectivity index (χ0n) is 10.5. The summed E-state index contributed by atoms with van der Waals surface area (Å²) in [7, 11) is 0. The summed E-state index contributed by atoms with van der Waals surface area (Å²) < 4.78 is 0. The van der Waals surface area contributed by atoms with Crippen LogP contribution >= 0.6 is 0 Å².